The second-order valence-corrected chi connectivity index (χ2v) is 30.4. The van der Waals surface area contributed by atoms with Gasteiger partial charge in [0.05, 0.1) is 73.4 Å². The van der Waals surface area contributed by atoms with E-state index in [1.54, 1.807) is 0 Å². The zero-order chi connectivity index (χ0) is 76.3. The fourth-order valence-electron chi connectivity index (χ4n) is 16.6. The summed E-state index contributed by atoms with van der Waals surface area (Å²) in [5.41, 5.74) is 13.4. The van der Waals surface area contributed by atoms with Crippen LogP contribution >= 0.6 is 49.6 Å². The third-order valence-electron chi connectivity index (χ3n) is 23.0. The smallest absolute Gasteiger partial charge is 0.251 e. The fourth-order valence-corrected chi connectivity index (χ4v) is 16.6. The van der Waals surface area contributed by atoms with E-state index in [2.05, 4.69) is 72.1 Å². The van der Waals surface area contributed by atoms with E-state index in [-0.39, 0.29) is 148 Å². The summed E-state index contributed by atoms with van der Waals surface area (Å²) in [7, 11) is 0. The van der Waals surface area contributed by atoms with Crippen molar-refractivity contribution in [2.45, 2.75) is 99.7 Å². The van der Waals surface area contributed by atoms with Crippen molar-refractivity contribution in [1.82, 2.24) is 82.1 Å². The van der Waals surface area contributed by atoms with E-state index in [0.717, 1.165) is 189 Å². The van der Waals surface area contributed by atoms with E-state index >= 15 is 0 Å². The Labute approximate surface area is 696 Å². The number of hydrogen-bond donors (Lipinski definition) is 14. The number of nitrogens with one attached hydrogen (secondary N) is 10. The number of aliphatic hydroxyl groups excluding tert-OH is 4. The molecule has 14 N–H and O–H groups in total. The molecule has 10 aliphatic heterocycles. The SMILES string of the molecule is Cl.Cl.Cl.Cl.O=C(NCC1CCN2CCC(CO)N=C2N1)c1ccc(-c2c3nc(c(-c4ccc(C(=O)NCC5CCN6CCC(CO)N=C6N5)cc4)c4ccc([nH]4)c(-c4ccc(C(=O)NCC5CCN6CCC(CO)N=C6N5)cc4)c4ccc([nH]4)c(-c4ccc(C(=O)NCC5CCN6CCC(CO)N=C6N5)cc4)c4nc2C=C4)C=C3)cc1. The minimum atomic E-state index is -0.231. The van der Waals surface area contributed by atoms with E-state index in [1.807, 2.05) is 146 Å². The number of aliphatic imine (C=N–C) groups is 4. The predicted molar refractivity (Wildman–Crippen MR) is 463 cm³/mol. The molecule has 4 amide bonds. The first-order chi connectivity index (χ1) is 54.8. The monoisotopic (exact) mass is 1650 g/mol. The second kappa shape index (κ2) is 37.1. The van der Waals surface area contributed by atoms with Gasteiger partial charge in [0.15, 0.2) is 23.8 Å². The molecule has 4 aromatic carbocycles. The highest BCUT2D eigenvalue weighted by molar-refractivity contribution is 6.04. The lowest BCUT2D eigenvalue weighted by Gasteiger charge is -2.39. The maximum Gasteiger partial charge on any atom is 0.251 e. The molecule has 0 saturated carbocycles. The van der Waals surface area contributed by atoms with Gasteiger partial charge in [-0.3, -0.25) is 19.2 Å². The highest BCUT2D eigenvalue weighted by Gasteiger charge is 2.34. The number of nitrogens with zero attached hydrogens (tertiary/aromatic N) is 10. The molecule has 4 fully saturated rings. The molecule has 7 aromatic rings. The van der Waals surface area contributed by atoms with Gasteiger partial charge < -0.3 is 92.5 Å². The lowest BCUT2D eigenvalue weighted by atomic mass is 10.0. The molecule has 4 saturated heterocycles. The maximum absolute atomic E-state index is 14.1. The van der Waals surface area contributed by atoms with Crippen LogP contribution in [0.25, 0.3) is 90.9 Å². The van der Waals surface area contributed by atoms with Crippen LogP contribution in [0.1, 0.15) is 116 Å². The van der Waals surface area contributed by atoms with Gasteiger partial charge in [-0.25, -0.2) is 29.9 Å². The summed E-state index contributed by atoms with van der Waals surface area (Å²) >= 11 is 0. The molecule has 0 radical (unpaired) electrons. The van der Waals surface area contributed by atoms with Crippen LogP contribution in [-0.4, -0.2) is 261 Å². The minimum absolute atomic E-state index is 0. The van der Waals surface area contributed by atoms with Gasteiger partial charge in [0.2, 0.25) is 0 Å². The molecule has 8 bridgehead atoms. The van der Waals surface area contributed by atoms with Crippen molar-refractivity contribution in [3.8, 4) is 44.5 Å². The van der Waals surface area contributed by atoms with Crippen LogP contribution in [0.2, 0.25) is 0 Å². The Hall–Kier alpha value is -10.6. The van der Waals surface area contributed by atoms with Crippen molar-refractivity contribution in [2.75, 3.05) is 105 Å². The van der Waals surface area contributed by atoms with Crippen LogP contribution in [0, 0.1) is 0 Å². The standard InChI is InChI=1S/C84H94N20O8.4ClH/c105-45-61-29-37-101-33-25-57(89-81(101)93-61)41-85-77(109)53-9-1-49(2-10-53)73-65-17-19-67(97-65)74(50-3-11-54(12-4-50)78(110)86-42-58-26-34-102-38-30-62(46-106)94-82(102)90-58)69-21-23-71(99-69)76(52-7-15-56(16-8-52)80(112)88-44-60-28-36-104-40-32-64(48-108)96-84(104)92-60)72-24-22-70(100-72)75(68-20-18-66(73)98-68)51-5-13-55(14-6-51)79(111)87-43-59-27-35-103-39-31-63(47-107)95-83(103)91-59;;;;/h1-24,57-64,97-98,105-108H,25-48H2,(H,85,109)(H,86,110)(H,87,111)(H,88,112)(H,89,93)(H,90,94)(H,91,95)(H,92,96);4*1H. The van der Waals surface area contributed by atoms with Gasteiger partial charge in [-0.1, -0.05) is 48.5 Å². The molecular weight excluding hydrogens is 1560 g/mol. The number of guanidine groups is 4. The topological polar surface area (TPSA) is 365 Å². The van der Waals surface area contributed by atoms with E-state index in [9.17, 15) is 39.6 Å². The highest BCUT2D eigenvalue weighted by Crippen LogP contribution is 2.40. The van der Waals surface area contributed by atoms with Gasteiger partial charge in [-0.15, -0.1) is 49.6 Å². The number of aromatic nitrogens is 4. The molecular formula is C84H98Cl4N20O8. The highest BCUT2D eigenvalue weighted by atomic mass is 35.5. The first-order valence-corrected chi connectivity index (χ1v) is 39.4. The number of carbonyl (C=O) groups is 4. The van der Waals surface area contributed by atoms with Crippen molar-refractivity contribution in [3.63, 3.8) is 0 Å². The molecule has 28 nitrogen and oxygen atoms in total. The van der Waals surface area contributed by atoms with Crippen LogP contribution in [0.5, 0.6) is 0 Å². The molecule has 17 rings (SSSR count). The van der Waals surface area contributed by atoms with E-state index in [1.165, 1.54) is 0 Å². The van der Waals surface area contributed by atoms with Gasteiger partial charge in [0, 0.05) is 169 Å². The van der Waals surface area contributed by atoms with E-state index in [4.69, 9.17) is 29.9 Å². The normalized spacial score (nSPS) is 21.6. The van der Waals surface area contributed by atoms with Crippen LogP contribution in [0.4, 0.5) is 0 Å². The summed E-state index contributed by atoms with van der Waals surface area (Å²) in [5, 5.41) is 66.0. The van der Waals surface area contributed by atoms with Crippen LogP contribution < -0.4 is 42.5 Å². The average molecular weight is 1660 g/mol. The molecule has 3 aromatic heterocycles. The molecule has 32 heteroatoms. The summed E-state index contributed by atoms with van der Waals surface area (Å²) in [6.45, 7) is 7.98. The molecule has 8 unspecified atom stereocenters. The number of fused-ring (bicyclic) bond motifs is 12. The first-order valence-electron chi connectivity index (χ1n) is 39.4. The molecule has 116 heavy (non-hydrogen) atoms. The summed E-state index contributed by atoms with van der Waals surface area (Å²) < 4.78 is 0. The Bertz CT molecular complexity index is 4930. The number of carbonyl (C=O) groups excluding carboxylic acids is 4. The third-order valence-corrected chi connectivity index (χ3v) is 23.0. The van der Waals surface area contributed by atoms with Gasteiger partial charge in [-0.2, -0.15) is 0 Å². The predicted octanol–water partition coefficient (Wildman–Crippen LogP) is 7.07. The van der Waals surface area contributed by atoms with Gasteiger partial charge in [-0.05, 0) is 171 Å². The third kappa shape index (κ3) is 18.0. The molecule has 13 heterocycles. The number of benzene rings is 4. The zero-order valence-electron chi connectivity index (χ0n) is 64.0. The summed E-state index contributed by atoms with van der Waals surface area (Å²) in [4.78, 5) is 103. The molecule has 8 atom stereocenters. The summed E-state index contributed by atoms with van der Waals surface area (Å²) in [6.07, 6.45) is 14.4. The number of halogens is 4. The second-order valence-electron chi connectivity index (χ2n) is 30.4. The Morgan fingerprint density at radius 3 is 0.793 bits per heavy atom. The lowest BCUT2D eigenvalue weighted by molar-refractivity contribution is 0.0940. The van der Waals surface area contributed by atoms with Crippen molar-refractivity contribution in [2.24, 2.45) is 20.0 Å². The summed E-state index contributed by atoms with van der Waals surface area (Å²) in [5.74, 6) is 2.14. The molecule has 610 valence electrons. The fraction of sp³-hybridized carbons (Fsp3) is 0.381. The number of aliphatic hydroxyl groups is 4. The molecule has 0 aliphatic carbocycles. The quantitative estimate of drug-likeness (QED) is 0.0363. The zero-order valence-corrected chi connectivity index (χ0v) is 67.2. The molecule has 10 aliphatic rings. The molecule has 0 spiro atoms. The Morgan fingerprint density at radius 2 is 0.534 bits per heavy atom. The Morgan fingerprint density at radius 1 is 0.310 bits per heavy atom. The van der Waals surface area contributed by atoms with Gasteiger partial charge >= 0.3 is 0 Å². The number of H-pyrrole nitrogens is 2. The number of hydrogen-bond acceptors (Lipinski definition) is 22. The van der Waals surface area contributed by atoms with Crippen molar-refractivity contribution in [3.05, 3.63) is 166 Å². The van der Waals surface area contributed by atoms with Crippen molar-refractivity contribution in [1.29, 1.82) is 0 Å². The largest absolute Gasteiger partial charge is 0.394 e. The van der Waals surface area contributed by atoms with Crippen molar-refractivity contribution < 1.29 is 39.6 Å². The minimum Gasteiger partial charge on any atom is -0.394 e. The lowest BCUT2D eigenvalue weighted by Crippen LogP contribution is -2.58. The van der Waals surface area contributed by atoms with Crippen LogP contribution in [-0.2, 0) is 0 Å². The number of aromatic amines is 2. The van der Waals surface area contributed by atoms with Crippen LogP contribution in [0.15, 0.2) is 141 Å². The summed E-state index contributed by atoms with van der Waals surface area (Å²) in [6, 6.07) is 37.5. The number of amides is 4. The average Bonchev–Trinajstić information content (AvgIpc) is 1.61. The Kier molecular flexibility index (Phi) is 26.7. The Balaban J connectivity index is 0.00000293. The van der Waals surface area contributed by atoms with Crippen LogP contribution in [0.3, 0.4) is 0 Å². The van der Waals surface area contributed by atoms with E-state index in [0.29, 0.717) is 76.8 Å². The van der Waals surface area contributed by atoms with Crippen molar-refractivity contribution >= 4 is 143 Å². The maximum atomic E-state index is 14.1. The van der Waals surface area contributed by atoms with E-state index < -0.39 is 0 Å². The first kappa shape index (κ1) is 83.4. The number of rotatable bonds is 20. The van der Waals surface area contributed by atoms with Gasteiger partial charge in [0.25, 0.3) is 23.6 Å². The van der Waals surface area contributed by atoms with Gasteiger partial charge in [0.1, 0.15) is 0 Å².